The van der Waals surface area contributed by atoms with Crippen molar-refractivity contribution >= 4 is 17.5 Å². The fraction of sp³-hybridized carbons (Fsp3) is 0.636. The molecule has 2 amide bonds. The van der Waals surface area contributed by atoms with Crippen LogP contribution >= 0.6 is 0 Å². The summed E-state index contributed by atoms with van der Waals surface area (Å²) in [7, 11) is 0. The first kappa shape index (κ1) is 19.4. The zero-order valence-electron chi connectivity index (χ0n) is 16.7. The molecule has 6 heteroatoms. The molecule has 0 aromatic heterocycles. The number of anilines is 1. The maximum atomic E-state index is 13.0. The largest absolute Gasteiger partial charge is 0.337 e. The summed E-state index contributed by atoms with van der Waals surface area (Å²) in [6, 6.07) is 7.91. The molecule has 1 unspecified atom stereocenters. The molecule has 3 fully saturated rings. The van der Waals surface area contributed by atoms with Gasteiger partial charge in [-0.3, -0.25) is 14.5 Å². The van der Waals surface area contributed by atoms with Crippen molar-refractivity contribution in [2.75, 3.05) is 44.6 Å². The topological polar surface area (TPSA) is 64.7 Å². The third kappa shape index (κ3) is 4.55. The van der Waals surface area contributed by atoms with Crippen molar-refractivity contribution in [2.24, 2.45) is 5.92 Å². The molecule has 4 rings (SSSR count). The molecule has 2 N–H and O–H groups in total. The van der Waals surface area contributed by atoms with Crippen LogP contribution < -0.4 is 10.6 Å². The first-order valence-corrected chi connectivity index (χ1v) is 10.9. The molecule has 0 spiro atoms. The SMILES string of the molecule is O=C(Nc1cccc(C(=O)N2CCC(N3CCNCC3)C2)c1)C1CCCCC1. The zero-order valence-corrected chi connectivity index (χ0v) is 16.7. The number of rotatable bonds is 4. The molecular weight excluding hydrogens is 352 g/mol. The minimum absolute atomic E-state index is 0.0754. The van der Waals surface area contributed by atoms with Crippen molar-refractivity contribution in [3.05, 3.63) is 29.8 Å². The van der Waals surface area contributed by atoms with E-state index in [0.717, 1.165) is 77.1 Å². The van der Waals surface area contributed by atoms with Gasteiger partial charge in [0.15, 0.2) is 0 Å². The minimum atomic E-state index is 0.0754. The van der Waals surface area contributed by atoms with Gasteiger partial charge in [-0.25, -0.2) is 0 Å². The molecule has 1 aliphatic carbocycles. The first-order chi connectivity index (χ1) is 13.7. The highest BCUT2D eigenvalue weighted by Gasteiger charge is 2.31. The van der Waals surface area contributed by atoms with Crippen molar-refractivity contribution in [3.8, 4) is 0 Å². The highest BCUT2D eigenvalue weighted by atomic mass is 16.2. The quantitative estimate of drug-likeness (QED) is 0.836. The van der Waals surface area contributed by atoms with E-state index in [-0.39, 0.29) is 17.7 Å². The average Bonchev–Trinajstić information content (AvgIpc) is 3.25. The number of piperazine rings is 1. The van der Waals surface area contributed by atoms with Crippen LogP contribution in [0.3, 0.4) is 0 Å². The van der Waals surface area contributed by atoms with Crippen molar-refractivity contribution in [3.63, 3.8) is 0 Å². The van der Waals surface area contributed by atoms with E-state index in [2.05, 4.69) is 15.5 Å². The molecule has 1 aromatic carbocycles. The van der Waals surface area contributed by atoms with Gasteiger partial charge in [-0.15, -0.1) is 0 Å². The van der Waals surface area contributed by atoms with Gasteiger partial charge >= 0.3 is 0 Å². The molecule has 2 heterocycles. The predicted octanol–water partition coefficient (Wildman–Crippen LogP) is 2.33. The number of nitrogens with zero attached hydrogens (tertiary/aromatic N) is 2. The average molecular weight is 385 g/mol. The predicted molar refractivity (Wildman–Crippen MR) is 110 cm³/mol. The standard InChI is InChI=1S/C22H32N4O2/c27-21(17-5-2-1-3-6-17)24-19-8-4-7-18(15-19)22(28)26-12-9-20(16-26)25-13-10-23-11-14-25/h4,7-8,15,17,20,23H,1-3,5-6,9-14,16H2,(H,24,27). The van der Waals surface area contributed by atoms with E-state index in [0.29, 0.717) is 11.6 Å². The Bertz CT molecular complexity index is 696. The van der Waals surface area contributed by atoms with Crippen LogP contribution in [0.1, 0.15) is 48.9 Å². The normalized spacial score (nSPS) is 24.3. The molecule has 1 aromatic rings. The Labute approximate surface area is 167 Å². The van der Waals surface area contributed by atoms with Gasteiger partial charge in [0, 0.05) is 62.5 Å². The van der Waals surface area contributed by atoms with Gasteiger partial charge in [0.1, 0.15) is 0 Å². The molecule has 28 heavy (non-hydrogen) atoms. The van der Waals surface area contributed by atoms with Gasteiger partial charge in [0.05, 0.1) is 0 Å². The maximum absolute atomic E-state index is 13.0. The minimum Gasteiger partial charge on any atom is -0.337 e. The lowest BCUT2D eigenvalue weighted by atomic mass is 9.88. The second kappa shape index (κ2) is 9.05. The van der Waals surface area contributed by atoms with Gasteiger partial charge in [-0.05, 0) is 37.5 Å². The van der Waals surface area contributed by atoms with E-state index in [9.17, 15) is 9.59 Å². The summed E-state index contributed by atoms with van der Waals surface area (Å²) in [6.45, 7) is 5.81. The molecular formula is C22H32N4O2. The lowest BCUT2D eigenvalue weighted by Gasteiger charge is -2.32. The zero-order chi connectivity index (χ0) is 19.3. The number of carbonyl (C=O) groups is 2. The number of hydrogen-bond acceptors (Lipinski definition) is 4. The molecule has 1 saturated carbocycles. The van der Waals surface area contributed by atoms with E-state index >= 15 is 0 Å². The molecule has 1 atom stereocenters. The number of hydrogen-bond donors (Lipinski definition) is 2. The van der Waals surface area contributed by atoms with Crippen LogP contribution in [0.5, 0.6) is 0 Å². The summed E-state index contributed by atoms with van der Waals surface area (Å²) in [6.07, 6.45) is 6.51. The number of carbonyl (C=O) groups excluding carboxylic acids is 2. The van der Waals surface area contributed by atoms with Crippen LogP contribution in [-0.2, 0) is 4.79 Å². The third-order valence-electron chi connectivity index (χ3n) is 6.47. The highest BCUT2D eigenvalue weighted by molar-refractivity contribution is 5.97. The Hall–Kier alpha value is -1.92. The molecule has 6 nitrogen and oxygen atoms in total. The lowest BCUT2D eigenvalue weighted by molar-refractivity contribution is -0.120. The Morgan fingerprint density at radius 1 is 1.00 bits per heavy atom. The summed E-state index contributed by atoms with van der Waals surface area (Å²) in [5, 5.41) is 6.42. The van der Waals surface area contributed by atoms with Crippen molar-refractivity contribution in [1.29, 1.82) is 0 Å². The van der Waals surface area contributed by atoms with Crippen LogP contribution in [0.4, 0.5) is 5.69 Å². The van der Waals surface area contributed by atoms with Gasteiger partial charge in [-0.2, -0.15) is 0 Å². The van der Waals surface area contributed by atoms with Gasteiger partial charge in [0.2, 0.25) is 5.91 Å². The lowest BCUT2D eigenvalue weighted by Crippen LogP contribution is -2.49. The Kier molecular flexibility index (Phi) is 6.27. The molecule has 2 aliphatic heterocycles. The molecule has 0 bridgehead atoms. The number of amides is 2. The van der Waals surface area contributed by atoms with Crippen LogP contribution in [-0.4, -0.2) is 66.9 Å². The smallest absolute Gasteiger partial charge is 0.253 e. The van der Waals surface area contributed by atoms with Crippen molar-refractivity contribution in [1.82, 2.24) is 15.1 Å². The van der Waals surface area contributed by atoms with E-state index in [1.165, 1.54) is 6.42 Å². The number of nitrogens with one attached hydrogen (secondary N) is 2. The fourth-order valence-corrected chi connectivity index (χ4v) is 4.79. The van der Waals surface area contributed by atoms with Crippen LogP contribution in [0, 0.1) is 5.92 Å². The van der Waals surface area contributed by atoms with Crippen LogP contribution in [0.25, 0.3) is 0 Å². The maximum Gasteiger partial charge on any atom is 0.253 e. The third-order valence-corrected chi connectivity index (χ3v) is 6.47. The van der Waals surface area contributed by atoms with E-state index in [1.807, 2.05) is 29.2 Å². The summed E-state index contributed by atoms with van der Waals surface area (Å²) < 4.78 is 0. The summed E-state index contributed by atoms with van der Waals surface area (Å²) in [4.78, 5) is 30.0. The summed E-state index contributed by atoms with van der Waals surface area (Å²) in [5.74, 6) is 0.294. The molecule has 3 aliphatic rings. The van der Waals surface area contributed by atoms with Crippen LogP contribution in [0.2, 0.25) is 0 Å². The summed E-state index contributed by atoms with van der Waals surface area (Å²) >= 11 is 0. The van der Waals surface area contributed by atoms with E-state index < -0.39 is 0 Å². The van der Waals surface area contributed by atoms with E-state index in [4.69, 9.17) is 0 Å². The van der Waals surface area contributed by atoms with Gasteiger partial charge in [0.25, 0.3) is 5.91 Å². The van der Waals surface area contributed by atoms with Crippen molar-refractivity contribution in [2.45, 2.75) is 44.6 Å². The first-order valence-electron chi connectivity index (χ1n) is 10.9. The number of benzene rings is 1. The Morgan fingerprint density at radius 3 is 2.57 bits per heavy atom. The van der Waals surface area contributed by atoms with E-state index in [1.54, 1.807) is 0 Å². The number of likely N-dealkylation sites (tertiary alicyclic amines) is 1. The second-order valence-corrected chi connectivity index (χ2v) is 8.38. The monoisotopic (exact) mass is 384 g/mol. The summed E-state index contributed by atoms with van der Waals surface area (Å²) in [5.41, 5.74) is 1.40. The highest BCUT2D eigenvalue weighted by Crippen LogP contribution is 2.25. The van der Waals surface area contributed by atoms with Crippen molar-refractivity contribution < 1.29 is 9.59 Å². The Balaban J connectivity index is 1.35. The molecule has 0 radical (unpaired) electrons. The Morgan fingerprint density at radius 2 is 1.79 bits per heavy atom. The second-order valence-electron chi connectivity index (χ2n) is 8.38. The van der Waals surface area contributed by atoms with Gasteiger partial charge in [-0.1, -0.05) is 25.3 Å². The molecule has 2 saturated heterocycles. The van der Waals surface area contributed by atoms with Gasteiger partial charge < -0.3 is 15.5 Å². The molecule has 152 valence electrons. The van der Waals surface area contributed by atoms with Crippen LogP contribution in [0.15, 0.2) is 24.3 Å². The fourth-order valence-electron chi connectivity index (χ4n) is 4.79.